The predicted octanol–water partition coefficient (Wildman–Crippen LogP) is 6.76. The van der Waals surface area contributed by atoms with Gasteiger partial charge in [-0.2, -0.15) is 0 Å². The summed E-state index contributed by atoms with van der Waals surface area (Å²) in [5, 5.41) is 0. The van der Waals surface area contributed by atoms with Crippen molar-refractivity contribution in [2.75, 3.05) is 0 Å². The first-order valence-corrected chi connectivity index (χ1v) is 10.0. The van der Waals surface area contributed by atoms with E-state index in [0.717, 1.165) is 12.8 Å². The van der Waals surface area contributed by atoms with Crippen molar-refractivity contribution < 1.29 is 17.9 Å². The first kappa shape index (κ1) is 20.0. The third-order valence-corrected chi connectivity index (χ3v) is 5.99. The second kappa shape index (κ2) is 9.48. The summed E-state index contributed by atoms with van der Waals surface area (Å²) in [5.74, 6) is -0.344. The fourth-order valence-corrected chi connectivity index (χ4v) is 4.54. The first-order valence-electron chi connectivity index (χ1n) is 10.0. The lowest BCUT2D eigenvalue weighted by Gasteiger charge is -2.42. The van der Waals surface area contributed by atoms with Gasteiger partial charge in [0.1, 0.15) is 24.2 Å². The van der Waals surface area contributed by atoms with Crippen molar-refractivity contribution in [2.45, 2.75) is 63.4 Å². The van der Waals surface area contributed by atoms with Crippen LogP contribution in [0.25, 0.3) is 0 Å². The van der Waals surface area contributed by atoms with Crippen LogP contribution in [0.3, 0.4) is 0 Å². The van der Waals surface area contributed by atoms with Crippen LogP contribution in [0, 0.1) is 17.8 Å². The normalized spacial score (nSPS) is 32.4. The number of alkyl halides is 2. The molecule has 0 heterocycles. The molecule has 0 N–H and O–H groups in total. The zero-order valence-electron chi connectivity index (χ0n) is 15.7. The van der Waals surface area contributed by atoms with Crippen molar-refractivity contribution in [2.24, 2.45) is 17.8 Å². The zero-order chi connectivity index (χ0) is 19.2. The van der Waals surface area contributed by atoms with Gasteiger partial charge in [0.05, 0.1) is 11.7 Å². The van der Waals surface area contributed by atoms with Gasteiger partial charge in [-0.05, 0) is 63.0 Å². The summed E-state index contributed by atoms with van der Waals surface area (Å²) in [6.07, 6.45) is 3.93. The van der Waals surface area contributed by atoms with Crippen LogP contribution in [0.5, 0.6) is 5.75 Å². The number of rotatable bonds is 7. The minimum Gasteiger partial charge on any atom is -0.490 e. The van der Waals surface area contributed by atoms with Crippen LogP contribution in [0.15, 0.2) is 54.9 Å². The number of ether oxygens (including phenoxy) is 1. The smallest absolute Gasteiger partial charge is 0.119 e. The Hall–Kier alpha value is -1.71. The van der Waals surface area contributed by atoms with Crippen LogP contribution in [0.2, 0.25) is 0 Å². The summed E-state index contributed by atoms with van der Waals surface area (Å²) in [7, 11) is 0. The summed E-state index contributed by atoms with van der Waals surface area (Å²) < 4.78 is 49.9. The second-order valence-corrected chi connectivity index (χ2v) is 7.89. The van der Waals surface area contributed by atoms with E-state index in [1.165, 1.54) is 0 Å². The van der Waals surface area contributed by atoms with Gasteiger partial charge < -0.3 is 4.74 Å². The summed E-state index contributed by atoms with van der Waals surface area (Å²) in [4.78, 5) is 0. The van der Waals surface area contributed by atoms with Crippen LogP contribution in [0.4, 0.5) is 13.2 Å². The highest BCUT2D eigenvalue weighted by Crippen LogP contribution is 2.43. The van der Waals surface area contributed by atoms with Crippen molar-refractivity contribution in [3.8, 4) is 5.75 Å². The molecule has 2 aliphatic carbocycles. The lowest BCUT2D eigenvalue weighted by atomic mass is 9.71. The Morgan fingerprint density at radius 3 is 2.44 bits per heavy atom. The number of hydrogen-bond acceptors (Lipinski definition) is 1. The van der Waals surface area contributed by atoms with Gasteiger partial charge in [-0.15, -0.1) is 6.58 Å². The number of allylic oxidation sites excluding steroid dienone is 3. The third kappa shape index (κ3) is 5.18. The molecule has 0 amide bonds. The van der Waals surface area contributed by atoms with E-state index in [-0.39, 0.29) is 17.7 Å². The van der Waals surface area contributed by atoms with Crippen LogP contribution < -0.4 is 4.74 Å². The maximum atomic E-state index is 15.1. The van der Waals surface area contributed by atoms with E-state index in [4.69, 9.17) is 4.74 Å². The fourth-order valence-electron chi connectivity index (χ4n) is 4.54. The van der Waals surface area contributed by atoms with E-state index in [9.17, 15) is 4.39 Å². The van der Waals surface area contributed by atoms with E-state index >= 15 is 8.78 Å². The Kier molecular flexibility index (Phi) is 7.03. The molecule has 4 unspecified atom stereocenters. The third-order valence-electron chi connectivity index (χ3n) is 5.99. The van der Waals surface area contributed by atoms with Gasteiger partial charge >= 0.3 is 0 Å². The Labute approximate surface area is 160 Å². The molecule has 0 aliphatic heterocycles. The molecule has 0 radical (unpaired) electrons. The molecule has 148 valence electrons. The maximum absolute atomic E-state index is 15.1. The van der Waals surface area contributed by atoms with Crippen molar-refractivity contribution in [3.63, 3.8) is 0 Å². The predicted molar refractivity (Wildman–Crippen MR) is 103 cm³/mol. The molecule has 0 spiro atoms. The fraction of sp³-hybridized carbons (Fsp3) is 0.565. The van der Waals surface area contributed by atoms with E-state index in [1.54, 1.807) is 12.2 Å². The molecule has 2 aliphatic rings. The Bertz CT molecular complexity index is 618. The maximum Gasteiger partial charge on any atom is 0.119 e. The number of halogens is 3. The van der Waals surface area contributed by atoms with Gasteiger partial charge in [-0.1, -0.05) is 30.4 Å². The van der Waals surface area contributed by atoms with Crippen LogP contribution >= 0.6 is 0 Å². The van der Waals surface area contributed by atoms with Gasteiger partial charge in [0.25, 0.3) is 0 Å². The van der Waals surface area contributed by atoms with Crippen LogP contribution in [-0.2, 0) is 0 Å². The molecule has 4 heteroatoms. The van der Waals surface area contributed by atoms with Crippen LogP contribution in [-0.4, -0.2) is 18.4 Å². The highest BCUT2D eigenvalue weighted by atomic mass is 19.1. The molecule has 0 aromatic heterocycles. The molecule has 1 fully saturated rings. The van der Waals surface area contributed by atoms with Crippen molar-refractivity contribution in [1.82, 2.24) is 0 Å². The second-order valence-electron chi connectivity index (χ2n) is 7.89. The summed E-state index contributed by atoms with van der Waals surface area (Å²) in [6.45, 7) is 3.70. The minimum atomic E-state index is -1.24. The molecule has 1 nitrogen and oxygen atoms in total. The Morgan fingerprint density at radius 1 is 1.15 bits per heavy atom. The van der Waals surface area contributed by atoms with Crippen molar-refractivity contribution in [1.29, 1.82) is 0 Å². The zero-order valence-corrected chi connectivity index (χ0v) is 15.7. The van der Waals surface area contributed by atoms with Gasteiger partial charge in [0.15, 0.2) is 0 Å². The molecular weight excluding hydrogens is 349 g/mol. The van der Waals surface area contributed by atoms with Crippen molar-refractivity contribution in [3.05, 3.63) is 54.9 Å². The summed E-state index contributed by atoms with van der Waals surface area (Å²) >= 11 is 0. The average Bonchev–Trinajstić information content (AvgIpc) is 2.66. The van der Waals surface area contributed by atoms with E-state index < -0.39 is 24.4 Å². The quantitative estimate of drug-likeness (QED) is 0.477. The molecule has 0 saturated heterocycles. The highest BCUT2D eigenvalue weighted by molar-refractivity contribution is 5.22. The lowest BCUT2D eigenvalue weighted by Crippen LogP contribution is -2.48. The summed E-state index contributed by atoms with van der Waals surface area (Å²) in [6, 6.07) is 9.18. The molecule has 3 rings (SSSR count). The van der Waals surface area contributed by atoms with Gasteiger partial charge in [0.2, 0.25) is 0 Å². The lowest BCUT2D eigenvalue weighted by molar-refractivity contribution is -0.0507. The molecular formula is C23H29F3O. The van der Waals surface area contributed by atoms with Crippen molar-refractivity contribution >= 4 is 0 Å². The highest BCUT2D eigenvalue weighted by Gasteiger charge is 2.46. The molecule has 1 aromatic carbocycles. The first-order chi connectivity index (χ1) is 13.1. The SMILES string of the molecule is C=CCCC1CC(F)C(C(Oc2ccccc2)C2CC=C(F)CC2)C(F)C1. The average molecular weight is 378 g/mol. The monoisotopic (exact) mass is 378 g/mol. The minimum absolute atomic E-state index is 0.0466. The molecule has 4 atom stereocenters. The van der Waals surface area contributed by atoms with Gasteiger partial charge in [0, 0.05) is 5.92 Å². The number of hydrogen-bond donors (Lipinski definition) is 0. The Morgan fingerprint density at radius 2 is 1.85 bits per heavy atom. The van der Waals surface area contributed by atoms with E-state index in [2.05, 4.69) is 6.58 Å². The largest absolute Gasteiger partial charge is 0.490 e. The Balaban J connectivity index is 1.78. The van der Waals surface area contributed by atoms with E-state index in [0.29, 0.717) is 37.9 Å². The van der Waals surface area contributed by atoms with Crippen LogP contribution in [0.1, 0.15) is 44.9 Å². The molecule has 0 bridgehead atoms. The van der Waals surface area contributed by atoms with Gasteiger partial charge in [-0.25, -0.2) is 13.2 Å². The summed E-state index contributed by atoms with van der Waals surface area (Å²) in [5.41, 5.74) is 0. The number of para-hydroxylation sites is 1. The molecule has 27 heavy (non-hydrogen) atoms. The van der Waals surface area contributed by atoms with Gasteiger partial charge in [-0.3, -0.25) is 0 Å². The standard InChI is InChI=1S/C23H29F3O/c1-2-3-7-16-14-20(25)22(21(26)15-16)23(17-10-12-18(24)13-11-17)27-19-8-5-4-6-9-19/h2,4-6,8-9,12,16-17,20-23H,1,3,7,10-11,13-15H2. The number of benzene rings is 1. The molecule has 1 saturated carbocycles. The molecule has 1 aromatic rings. The topological polar surface area (TPSA) is 9.23 Å². The van der Waals surface area contributed by atoms with E-state index in [1.807, 2.05) is 30.3 Å².